The van der Waals surface area contributed by atoms with E-state index in [9.17, 15) is 5.11 Å². The Hall–Kier alpha value is -0.630. The summed E-state index contributed by atoms with van der Waals surface area (Å²) >= 11 is 1.66. The smallest absolute Gasteiger partial charge is 0.122 e. The van der Waals surface area contributed by atoms with Crippen molar-refractivity contribution in [2.24, 2.45) is 0 Å². The maximum absolute atomic E-state index is 9.50. The van der Waals surface area contributed by atoms with Gasteiger partial charge in [0.25, 0.3) is 0 Å². The van der Waals surface area contributed by atoms with Crippen molar-refractivity contribution in [1.82, 2.24) is 0 Å². The van der Waals surface area contributed by atoms with E-state index in [-0.39, 0.29) is 0 Å². The summed E-state index contributed by atoms with van der Waals surface area (Å²) in [7, 11) is 0. The van der Waals surface area contributed by atoms with Gasteiger partial charge >= 0.3 is 0 Å². The zero-order valence-corrected chi connectivity index (χ0v) is 7.83. The Morgan fingerprint density at radius 1 is 1.27 bits per heavy atom. The third-order valence-electron chi connectivity index (χ3n) is 1.80. The van der Waals surface area contributed by atoms with Crippen LogP contribution in [0.3, 0.4) is 0 Å². The third-order valence-corrected chi connectivity index (χ3v) is 2.69. The molecule has 0 saturated carbocycles. The van der Waals surface area contributed by atoms with Crippen LogP contribution < -0.4 is 0 Å². The number of hydrogen-bond donors (Lipinski definition) is 1. The molecule has 0 heterocycles. The first-order valence-electron chi connectivity index (χ1n) is 3.50. The van der Waals surface area contributed by atoms with Crippen molar-refractivity contribution in [3.05, 3.63) is 23.3 Å². The summed E-state index contributed by atoms with van der Waals surface area (Å²) in [5.74, 6) is 0.428. The lowest BCUT2D eigenvalue weighted by atomic mass is 10.1. The molecule has 2 heteroatoms. The van der Waals surface area contributed by atoms with E-state index in [2.05, 4.69) is 0 Å². The van der Waals surface area contributed by atoms with E-state index >= 15 is 0 Å². The van der Waals surface area contributed by atoms with E-state index in [0.717, 1.165) is 16.0 Å². The Kier molecular flexibility index (Phi) is 2.45. The van der Waals surface area contributed by atoms with Crippen LogP contribution in [0.15, 0.2) is 17.0 Å². The lowest BCUT2D eigenvalue weighted by Gasteiger charge is -2.06. The molecule has 0 aliphatic rings. The van der Waals surface area contributed by atoms with Crippen molar-refractivity contribution < 1.29 is 5.11 Å². The van der Waals surface area contributed by atoms with Gasteiger partial charge in [-0.05, 0) is 31.7 Å². The highest BCUT2D eigenvalue weighted by Crippen LogP contribution is 2.29. The Balaban J connectivity index is 3.25. The quantitative estimate of drug-likeness (QED) is 0.651. The molecule has 0 amide bonds. The van der Waals surface area contributed by atoms with Gasteiger partial charge in [0.1, 0.15) is 5.75 Å². The van der Waals surface area contributed by atoms with E-state index in [0.29, 0.717) is 5.75 Å². The molecule has 0 spiro atoms. The lowest BCUT2D eigenvalue weighted by Crippen LogP contribution is -1.82. The zero-order valence-electron chi connectivity index (χ0n) is 7.01. The second-order valence-corrected chi connectivity index (χ2v) is 3.41. The van der Waals surface area contributed by atoms with Crippen molar-refractivity contribution in [1.29, 1.82) is 0 Å². The molecule has 0 aliphatic heterocycles. The highest BCUT2D eigenvalue weighted by atomic mass is 32.2. The normalized spacial score (nSPS) is 10.1. The van der Waals surface area contributed by atoms with Gasteiger partial charge in [-0.15, -0.1) is 11.8 Å². The molecule has 60 valence electrons. The summed E-state index contributed by atoms with van der Waals surface area (Å²) in [4.78, 5) is 1.15. The van der Waals surface area contributed by atoms with Crippen LogP contribution >= 0.6 is 11.8 Å². The highest BCUT2D eigenvalue weighted by Gasteiger charge is 2.03. The molecule has 0 aliphatic carbocycles. The predicted molar refractivity (Wildman–Crippen MR) is 49.4 cm³/mol. The van der Waals surface area contributed by atoms with Crippen molar-refractivity contribution >= 4 is 11.8 Å². The van der Waals surface area contributed by atoms with Crippen LogP contribution in [-0.4, -0.2) is 11.4 Å². The first-order valence-corrected chi connectivity index (χ1v) is 4.72. The minimum atomic E-state index is 0.428. The molecular formula is C9H12OS. The number of aromatic hydroxyl groups is 1. The molecule has 0 aromatic heterocycles. The summed E-state index contributed by atoms with van der Waals surface area (Å²) in [6.45, 7) is 3.85. The predicted octanol–water partition coefficient (Wildman–Crippen LogP) is 2.73. The van der Waals surface area contributed by atoms with Crippen LogP contribution in [0.2, 0.25) is 0 Å². The molecule has 0 saturated heterocycles. The number of thioether (sulfide) groups is 1. The summed E-state index contributed by atoms with van der Waals surface area (Å²) in [6.07, 6.45) is 2.01. The Labute approximate surface area is 71.4 Å². The van der Waals surface area contributed by atoms with Gasteiger partial charge < -0.3 is 5.11 Å². The number of phenols is 1. The van der Waals surface area contributed by atoms with Gasteiger partial charge in [-0.3, -0.25) is 0 Å². The third kappa shape index (κ3) is 1.51. The molecular weight excluding hydrogens is 156 g/mol. The molecule has 1 aromatic carbocycles. The summed E-state index contributed by atoms with van der Waals surface area (Å²) in [5.41, 5.74) is 1.93. The maximum Gasteiger partial charge on any atom is 0.122 e. The average molecular weight is 168 g/mol. The molecule has 0 unspecified atom stereocenters. The monoisotopic (exact) mass is 168 g/mol. The van der Waals surface area contributed by atoms with Gasteiger partial charge in [-0.25, -0.2) is 0 Å². The molecule has 1 rings (SSSR count). The van der Waals surface area contributed by atoms with Crippen LogP contribution in [-0.2, 0) is 0 Å². The summed E-state index contributed by atoms with van der Waals surface area (Å²) in [6, 6.07) is 3.98. The first kappa shape index (κ1) is 8.47. The van der Waals surface area contributed by atoms with Crippen molar-refractivity contribution in [2.75, 3.05) is 6.26 Å². The minimum Gasteiger partial charge on any atom is -0.507 e. The average Bonchev–Trinajstić information content (AvgIpc) is 2.01. The van der Waals surface area contributed by atoms with Gasteiger partial charge in [-0.1, -0.05) is 6.07 Å². The number of benzene rings is 1. The van der Waals surface area contributed by atoms with E-state index in [1.165, 1.54) is 0 Å². The fraction of sp³-hybridized carbons (Fsp3) is 0.333. The van der Waals surface area contributed by atoms with Crippen molar-refractivity contribution in [2.45, 2.75) is 18.7 Å². The van der Waals surface area contributed by atoms with Gasteiger partial charge in [-0.2, -0.15) is 0 Å². The Morgan fingerprint density at radius 3 is 2.45 bits per heavy atom. The Bertz CT molecular complexity index is 269. The minimum absolute atomic E-state index is 0.428. The van der Waals surface area contributed by atoms with Crippen molar-refractivity contribution in [3.63, 3.8) is 0 Å². The number of phenolic OH excluding ortho intramolecular Hbond substituents is 1. The highest BCUT2D eigenvalue weighted by molar-refractivity contribution is 7.98. The topological polar surface area (TPSA) is 20.2 Å². The maximum atomic E-state index is 9.50. The molecule has 1 aromatic rings. The number of rotatable bonds is 1. The fourth-order valence-electron chi connectivity index (χ4n) is 1.04. The molecule has 0 fully saturated rings. The largest absolute Gasteiger partial charge is 0.507 e. The van der Waals surface area contributed by atoms with E-state index in [1.54, 1.807) is 11.8 Å². The van der Waals surface area contributed by atoms with E-state index in [4.69, 9.17) is 0 Å². The second kappa shape index (κ2) is 3.18. The number of aryl methyl sites for hydroxylation is 1. The van der Waals surface area contributed by atoms with Crippen LogP contribution in [0.5, 0.6) is 5.75 Å². The fourth-order valence-corrected chi connectivity index (χ4v) is 1.65. The van der Waals surface area contributed by atoms with Gasteiger partial charge in [0.15, 0.2) is 0 Å². The number of hydrogen-bond acceptors (Lipinski definition) is 2. The lowest BCUT2D eigenvalue weighted by molar-refractivity contribution is 0.465. The SMILES string of the molecule is CSc1ccc(C)c(O)c1C. The van der Waals surface area contributed by atoms with E-state index in [1.807, 2.05) is 32.2 Å². The molecule has 0 bridgehead atoms. The zero-order chi connectivity index (χ0) is 8.43. The summed E-state index contributed by atoms with van der Waals surface area (Å²) in [5, 5.41) is 9.50. The Morgan fingerprint density at radius 2 is 1.91 bits per heavy atom. The molecule has 11 heavy (non-hydrogen) atoms. The summed E-state index contributed by atoms with van der Waals surface area (Å²) < 4.78 is 0. The standard InChI is InChI=1S/C9H12OS/c1-6-4-5-8(11-3)7(2)9(6)10/h4-5,10H,1-3H3. The van der Waals surface area contributed by atoms with Crippen molar-refractivity contribution in [3.8, 4) is 5.75 Å². The van der Waals surface area contributed by atoms with Gasteiger partial charge in [0.2, 0.25) is 0 Å². The van der Waals surface area contributed by atoms with Crippen LogP contribution in [0.4, 0.5) is 0 Å². The van der Waals surface area contributed by atoms with Crippen LogP contribution in [0.1, 0.15) is 11.1 Å². The second-order valence-electron chi connectivity index (χ2n) is 2.56. The molecule has 1 N–H and O–H groups in total. The molecule has 0 radical (unpaired) electrons. The van der Waals surface area contributed by atoms with Crippen LogP contribution in [0, 0.1) is 13.8 Å². The first-order chi connectivity index (χ1) is 5.16. The van der Waals surface area contributed by atoms with E-state index < -0.39 is 0 Å². The molecule has 1 nitrogen and oxygen atoms in total. The van der Waals surface area contributed by atoms with Crippen LogP contribution in [0.25, 0.3) is 0 Å². The van der Waals surface area contributed by atoms with Gasteiger partial charge in [0.05, 0.1) is 0 Å². The molecule has 0 atom stereocenters. The van der Waals surface area contributed by atoms with Gasteiger partial charge in [0, 0.05) is 10.5 Å².